The summed E-state index contributed by atoms with van der Waals surface area (Å²) in [6.07, 6.45) is -1.64. The summed E-state index contributed by atoms with van der Waals surface area (Å²) in [4.78, 5) is 17.4. The van der Waals surface area contributed by atoms with Gasteiger partial charge in [-0.05, 0) is 54.7 Å². The number of methoxy groups -OCH3 is 1. The third kappa shape index (κ3) is 5.42. The molecule has 13 heteroatoms. The van der Waals surface area contributed by atoms with Gasteiger partial charge >= 0.3 is 12.1 Å². The number of carbonyl (C=O) groups is 1. The van der Waals surface area contributed by atoms with Crippen molar-refractivity contribution in [3.05, 3.63) is 53.2 Å². The summed E-state index contributed by atoms with van der Waals surface area (Å²) in [5.74, 6) is -1.26. The van der Waals surface area contributed by atoms with Crippen LogP contribution in [0.15, 0.2) is 47.5 Å². The predicted molar refractivity (Wildman–Crippen MR) is 142 cm³/mol. The van der Waals surface area contributed by atoms with Crippen LogP contribution in [0.25, 0.3) is 10.9 Å². The lowest BCUT2D eigenvalue weighted by atomic mass is 9.90. The van der Waals surface area contributed by atoms with Gasteiger partial charge in [0.2, 0.25) is 10.0 Å². The average Bonchev–Trinajstić information content (AvgIpc) is 3.35. The number of ether oxygens (including phenoxy) is 1. The van der Waals surface area contributed by atoms with Crippen molar-refractivity contribution in [2.24, 2.45) is 0 Å². The molecule has 8 nitrogen and oxygen atoms in total. The Kier molecular flexibility index (Phi) is 7.47. The lowest BCUT2D eigenvalue weighted by Gasteiger charge is -2.37. The number of nitrogens with one attached hydrogen (secondary N) is 1. The molecular weight excluding hydrogens is 557 g/mol. The molecule has 1 amide bonds. The maximum absolute atomic E-state index is 13.6. The van der Waals surface area contributed by atoms with E-state index in [1.165, 1.54) is 23.5 Å². The van der Waals surface area contributed by atoms with Crippen LogP contribution in [-0.2, 0) is 14.8 Å². The van der Waals surface area contributed by atoms with E-state index in [4.69, 9.17) is 16.3 Å². The number of nitrogens with zero attached hydrogens (tertiary/aromatic N) is 3. The molecule has 39 heavy (non-hydrogen) atoms. The molecule has 0 spiro atoms. The van der Waals surface area contributed by atoms with E-state index in [2.05, 4.69) is 4.98 Å². The minimum absolute atomic E-state index is 0.0901. The van der Waals surface area contributed by atoms with Crippen molar-refractivity contribution >= 4 is 44.1 Å². The van der Waals surface area contributed by atoms with Crippen LogP contribution in [0.5, 0.6) is 5.75 Å². The number of aromatic nitrogens is 1. The van der Waals surface area contributed by atoms with Crippen molar-refractivity contribution in [2.75, 3.05) is 51.3 Å². The fraction of sp³-hybridized carbons (Fsp3) is 0.423. The number of piperazine rings is 1. The molecule has 5 rings (SSSR count). The van der Waals surface area contributed by atoms with Gasteiger partial charge in [-0.3, -0.25) is 4.79 Å². The number of H-pyrrole nitrogens is 1. The molecule has 1 aromatic heterocycles. The number of fused-ring (bicyclic) bond motifs is 1. The molecule has 1 N–H and O–H groups in total. The highest BCUT2D eigenvalue weighted by Crippen LogP contribution is 2.37. The molecule has 2 aliphatic heterocycles. The van der Waals surface area contributed by atoms with Crippen LogP contribution in [0, 0.1) is 0 Å². The smallest absolute Gasteiger partial charge is 0.471 e. The van der Waals surface area contributed by atoms with Crippen LogP contribution in [0.3, 0.4) is 0 Å². The zero-order valence-electron chi connectivity index (χ0n) is 21.2. The quantitative estimate of drug-likeness (QED) is 0.473. The summed E-state index contributed by atoms with van der Waals surface area (Å²) in [5.41, 5.74) is 2.56. The Labute approximate surface area is 229 Å². The van der Waals surface area contributed by atoms with E-state index in [9.17, 15) is 26.4 Å². The van der Waals surface area contributed by atoms with Crippen LogP contribution < -0.4 is 9.64 Å². The lowest BCUT2D eigenvalue weighted by molar-refractivity contribution is -0.185. The largest absolute Gasteiger partial charge is 0.495 e. The van der Waals surface area contributed by atoms with Gasteiger partial charge in [0, 0.05) is 61.4 Å². The summed E-state index contributed by atoms with van der Waals surface area (Å²) in [5, 5.41) is 1.73. The van der Waals surface area contributed by atoms with Crippen molar-refractivity contribution in [1.29, 1.82) is 0 Å². The number of amides is 1. The van der Waals surface area contributed by atoms with E-state index in [1.54, 1.807) is 11.0 Å². The molecule has 3 aromatic rings. The van der Waals surface area contributed by atoms with Gasteiger partial charge in [-0.1, -0.05) is 17.7 Å². The molecule has 3 heterocycles. The second-order valence-electron chi connectivity index (χ2n) is 9.72. The average molecular weight is 585 g/mol. The molecule has 0 saturated carbocycles. The number of piperidine rings is 1. The van der Waals surface area contributed by atoms with Gasteiger partial charge in [0.25, 0.3) is 0 Å². The van der Waals surface area contributed by atoms with Gasteiger partial charge in [0.1, 0.15) is 5.75 Å². The van der Waals surface area contributed by atoms with Crippen molar-refractivity contribution in [2.45, 2.75) is 29.8 Å². The van der Waals surface area contributed by atoms with E-state index in [0.29, 0.717) is 42.4 Å². The molecule has 0 unspecified atom stereocenters. The van der Waals surface area contributed by atoms with Crippen molar-refractivity contribution in [3.63, 3.8) is 0 Å². The number of aromatic amines is 1. The van der Waals surface area contributed by atoms with Gasteiger partial charge in [-0.25, -0.2) is 8.42 Å². The topological polar surface area (TPSA) is 85.9 Å². The maximum Gasteiger partial charge on any atom is 0.471 e. The number of alkyl halides is 3. The first kappa shape index (κ1) is 27.6. The number of carbonyl (C=O) groups excluding carboxylic acids is 1. The minimum atomic E-state index is -4.93. The zero-order chi connectivity index (χ0) is 27.9. The molecule has 0 aliphatic carbocycles. The fourth-order valence-electron chi connectivity index (χ4n) is 5.42. The Hall–Kier alpha value is -2.96. The first-order valence-electron chi connectivity index (χ1n) is 12.5. The Balaban J connectivity index is 1.30. The third-order valence-electron chi connectivity index (χ3n) is 7.51. The first-order valence-corrected chi connectivity index (χ1v) is 14.4. The molecule has 210 valence electrons. The lowest BCUT2D eigenvalue weighted by Crippen LogP contribution is -2.52. The zero-order valence-corrected chi connectivity index (χ0v) is 22.7. The Morgan fingerprint density at radius 1 is 1.03 bits per heavy atom. The normalized spacial score (nSPS) is 18.1. The summed E-state index contributed by atoms with van der Waals surface area (Å²) >= 11 is 6.10. The van der Waals surface area contributed by atoms with E-state index in [-0.39, 0.29) is 37.0 Å². The second-order valence-corrected chi connectivity index (χ2v) is 12.1. The number of anilines is 1. The standard InChI is InChI=1S/C26H28ClF3N4O4S/c1-38-24-5-3-19(15-23(24)32-10-12-33(13-11-32)25(35)26(28,29)30)39(36,37)34-8-6-17(7-9-34)21-16-31-22-14-18(27)2-4-20(21)22/h2-5,14-17,31H,6-13H2,1H3. The van der Waals surface area contributed by atoms with E-state index in [0.717, 1.165) is 21.4 Å². The Morgan fingerprint density at radius 3 is 2.36 bits per heavy atom. The molecular formula is C26H28ClF3N4O4S. The highest BCUT2D eigenvalue weighted by Gasteiger charge is 2.43. The minimum Gasteiger partial charge on any atom is -0.495 e. The van der Waals surface area contributed by atoms with Crippen molar-refractivity contribution < 1.29 is 31.1 Å². The van der Waals surface area contributed by atoms with Gasteiger partial charge in [-0.2, -0.15) is 17.5 Å². The highest BCUT2D eigenvalue weighted by molar-refractivity contribution is 7.89. The molecule has 0 bridgehead atoms. The van der Waals surface area contributed by atoms with E-state index >= 15 is 0 Å². The number of sulfonamides is 1. The molecule has 0 radical (unpaired) electrons. The van der Waals surface area contributed by atoms with Gasteiger partial charge in [0.15, 0.2) is 0 Å². The van der Waals surface area contributed by atoms with Crippen LogP contribution >= 0.6 is 11.6 Å². The number of hydrogen-bond acceptors (Lipinski definition) is 5. The molecule has 2 aliphatic rings. The summed E-state index contributed by atoms with van der Waals surface area (Å²) in [6.45, 7) is 0.670. The SMILES string of the molecule is COc1ccc(S(=O)(=O)N2CCC(c3c[nH]c4cc(Cl)ccc34)CC2)cc1N1CCN(C(=O)C(F)(F)F)CC1. The van der Waals surface area contributed by atoms with Crippen molar-refractivity contribution in [3.8, 4) is 5.75 Å². The number of hydrogen-bond donors (Lipinski definition) is 1. The number of rotatable bonds is 5. The highest BCUT2D eigenvalue weighted by atomic mass is 35.5. The van der Waals surface area contributed by atoms with Gasteiger partial charge in [-0.15, -0.1) is 0 Å². The second kappa shape index (κ2) is 10.5. The molecule has 0 atom stereocenters. The molecule has 2 fully saturated rings. The van der Waals surface area contributed by atoms with E-state index in [1.807, 2.05) is 24.4 Å². The monoisotopic (exact) mass is 584 g/mol. The maximum atomic E-state index is 13.6. The number of halogens is 4. The van der Waals surface area contributed by atoms with Crippen LogP contribution in [-0.4, -0.2) is 81.1 Å². The van der Waals surface area contributed by atoms with E-state index < -0.39 is 22.1 Å². The molecule has 2 aromatic carbocycles. The van der Waals surface area contributed by atoms with Crippen LogP contribution in [0.1, 0.15) is 24.3 Å². The number of benzene rings is 2. The predicted octanol–water partition coefficient (Wildman–Crippen LogP) is 4.61. The summed E-state index contributed by atoms with van der Waals surface area (Å²) < 4.78 is 72.5. The molecule has 2 saturated heterocycles. The van der Waals surface area contributed by atoms with Crippen LogP contribution in [0.4, 0.5) is 18.9 Å². The fourth-order valence-corrected chi connectivity index (χ4v) is 7.08. The first-order chi connectivity index (χ1) is 18.5. The van der Waals surface area contributed by atoms with Crippen molar-refractivity contribution in [1.82, 2.24) is 14.2 Å². The van der Waals surface area contributed by atoms with Gasteiger partial charge < -0.3 is 19.5 Å². The summed E-state index contributed by atoms with van der Waals surface area (Å²) in [7, 11) is -2.38. The van der Waals surface area contributed by atoms with Gasteiger partial charge in [0.05, 0.1) is 17.7 Å². The third-order valence-corrected chi connectivity index (χ3v) is 9.64. The Morgan fingerprint density at radius 2 is 1.72 bits per heavy atom. The Bertz CT molecular complexity index is 1480. The van der Waals surface area contributed by atoms with Crippen LogP contribution in [0.2, 0.25) is 5.02 Å². The summed E-state index contributed by atoms with van der Waals surface area (Å²) in [6, 6.07) is 10.2.